The normalized spacial score (nSPS) is 11.7. The number of allylic oxidation sites excluding steroid dienone is 1. The van der Waals surface area contributed by atoms with Gasteiger partial charge in [0.1, 0.15) is 5.76 Å². The van der Waals surface area contributed by atoms with E-state index in [-0.39, 0.29) is 6.03 Å². The summed E-state index contributed by atoms with van der Waals surface area (Å²) in [5, 5.41) is 8.84. The van der Waals surface area contributed by atoms with Crippen LogP contribution in [0.25, 0.3) is 0 Å². The number of aryl methyl sites for hydroxylation is 1. The average Bonchev–Trinajstić information content (AvgIpc) is 2.60. The van der Waals surface area contributed by atoms with Crippen LogP contribution in [0.15, 0.2) is 22.4 Å². The maximum Gasteiger partial charge on any atom is 0.324 e. The summed E-state index contributed by atoms with van der Waals surface area (Å²) in [5.74, 6) is 1.48. The molecule has 2 N–H and O–H groups in total. The van der Waals surface area contributed by atoms with Crippen molar-refractivity contribution in [2.24, 2.45) is 5.92 Å². The number of urea groups is 1. The zero-order chi connectivity index (χ0) is 12.1. The van der Waals surface area contributed by atoms with Crippen molar-refractivity contribution in [1.82, 2.24) is 10.5 Å². The van der Waals surface area contributed by atoms with Crippen molar-refractivity contribution < 1.29 is 9.32 Å². The Balaban J connectivity index is 2.45. The second-order valence-electron chi connectivity index (χ2n) is 3.96. The number of hydrogen-bond donors (Lipinski definition) is 2. The van der Waals surface area contributed by atoms with Gasteiger partial charge in [0.25, 0.3) is 0 Å². The molecule has 0 saturated carbocycles. The van der Waals surface area contributed by atoms with Gasteiger partial charge in [-0.3, -0.25) is 5.32 Å². The monoisotopic (exact) mass is 223 g/mol. The lowest BCUT2D eigenvalue weighted by Crippen LogP contribution is -2.24. The highest BCUT2D eigenvalue weighted by atomic mass is 16.5. The number of amides is 2. The summed E-state index contributed by atoms with van der Waals surface area (Å²) in [6.07, 6.45) is 1.69. The number of aromatic nitrogens is 1. The Morgan fingerprint density at radius 3 is 2.75 bits per heavy atom. The third-order valence-corrected chi connectivity index (χ3v) is 2.21. The van der Waals surface area contributed by atoms with Crippen LogP contribution in [-0.4, -0.2) is 11.2 Å². The number of nitrogens with zero attached hydrogens (tertiary/aromatic N) is 1. The van der Waals surface area contributed by atoms with Gasteiger partial charge in [0.15, 0.2) is 5.82 Å². The maximum absolute atomic E-state index is 11.4. The first kappa shape index (κ1) is 12.3. The van der Waals surface area contributed by atoms with Gasteiger partial charge in [-0.05, 0) is 19.8 Å². The van der Waals surface area contributed by atoms with Crippen molar-refractivity contribution in [3.63, 3.8) is 0 Å². The summed E-state index contributed by atoms with van der Waals surface area (Å²) in [6.45, 7) is 7.85. The van der Waals surface area contributed by atoms with Crippen molar-refractivity contribution in [2.75, 3.05) is 5.32 Å². The van der Waals surface area contributed by atoms with Crippen LogP contribution in [0.2, 0.25) is 0 Å². The lowest BCUT2D eigenvalue weighted by Gasteiger charge is -2.05. The highest BCUT2D eigenvalue weighted by Crippen LogP contribution is 2.07. The fourth-order valence-electron chi connectivity index (χ4n) is 0.924. The summed E-state index contributed by atoms with van der Waals surface area (Å²) in [6, 6.07) is 1.33. The molecule has 0 aliphatic heterocycles. The molecule has 0 fully saturated rings. The van der Waals surface area contributed by atoms with Crippen LogP contribution in [0.1, 0.15) is 26.5 Å². The van der Waals surface area contributed by atoms with E-state index in [0.717, 1.165) is 5.57 Å². The van der Waals surface area contributed by atoms with Gasteiger partial charge in [-0.2, -0.15) is 0 Å². The Morgan fingerprint density at radius 1 is 1.56 bits per heavy atom. The number of anilines is 1. The molecule has 5 heteroatoms. The van der Waals surface area contributed by atoms with Crippen LogP contribution in [0.3, 0.4) is 0 Å². The highest BCUT2D eigenvalue weighted by Gasteiger charge is 2.04. The molecule has 88 valence electrons. The molecular weight excluding hydrogens is 206 g/mol. The third-order valence-electron chi connectivity index (χ3n) is 2.21. The lowest BCUT2D eigenvalue weighted by atomic mass is 10.1. The molecule has 0 saturated heterocycles. The molecule has 0 unspecified atom stereocenters. The van der Waals surface area contributed by atoms with Crippen molar-refractivity contribution in [3.8, 4) is 0 Å². The maximum atomic E-state index is 11.4. The molecule has 5 nitrogen and oxygen atoms in total. The molecule has 0 spiro atoms. The zero-order valence-electron chi connectivity index (χ0n) is 10.00. The standard InChI is InChI=1S/C11H17N3O2/c1-7(2)8(3)6-12-11(15)13-10-5-9(4)16-14-10/h5-7H,1-4H3,(H2,12,13,14,15)/b8-6+. The minimum Gasteiger partial charge on any atom is -0.360 e. The van der Waals surface area contributed by atoms with E-state index in [2.05, 4.69) is 29.6 Å². The number of carbonyl (C=O) groups is 1. The van der Waals surface area contributed by atoms with E-state index in [0.29, 0.717) is 17.5 Å². The molecule has 1 heterocycles. The Labute approximate surface area is 94.9 Å². The molecule has 0 aliphatic rings. The van der Waals surface area contributed by atoms with Crippen LogP contribution in [0.4, 0.5) is 10.6 Å². The van der Waals surface area contributed by atoms with E-state index < -0.39 is 0 Å². The quantitative estimate of drug-likeness (QED) is 0.827. The van der Waals surface area contributed by atoms with Gasteiger partial charge in [-0.25, -0.2) is 4.79 Å². The first-order valence-corrected chi connectivity index (χ1v) is 5.16. The van der Waals surface area contributed by atoms with Gasteiger partial charge < -0.3 is 9.84 Å². The molecule has 2 amide bonds. The average molecular weight is 223 g/mol. The third kappa shape index (κ3) is 3.76. The summed E-state index contributed by atoms with van der Waals surface area (Å²) in [5.41, 5.74) is 1.10. The van der Waals surface area contributed by atoms with E-state index in [1.165, 1.54) is 0 Å². The van der Waals surface area contributed by atoms with Gasteiger partial charge in [-0.1, -0.05) is 24.6 Å². The summed E-state index contributed by atoms with van der Waals surface area (Å²) in [4.78, 5) is 11.4. The molecular formula is C11H17N3O2. The van der Waals surface area contributed by atoms with Gasteiger partial charge >= 0.3 is 6.03 Å². The molecule has 0 aliphatic carbocycles. The van der Waals surface area contributed by atoms with Gasteiger partial charge in [-0.15, -0.1) is 0 Å². The van der Waals surface area contributed by atoms with Gasteiger partial charge in [0.05, 0.1) is 0 Å². The van der Waals surface area contributed by atoms with E-state index in [1.54, 1.807) is 19.2 Å². The molecule has 0 aromatic carbocycles. The summed E-state index contributed by atoms with van der Waals surface area (Å²) < 4.78 is 4.82. The second kappa shape index (κ2) is 5.34. The minimum atomic E-state index is -0.326. The fourth-order valence-corrected chi connectivity index (χ4v) is 0.924. The molecule has 1 aromatic rings. The smallest absolute Gasteiger partial charge is 0.324 e. The molecule has 0 atom stereocenters. The Bertz CT molecular complexity index is 394. The number of hydrogen-bond acceptors (Lipinski definition) is 3. The Morgan fingerprint density at radius 2 is 2.25 bits per heavy atom. The van der Waals surface area contributed by atoms with E-state index >= 15 is 0 Å². The minimum absolute atomic E-state index is 0.326. The van der Waals surface area contributed by atoms with Crippen LogP contribution < -0.4 is 10.6 Å². The number of rotatable bonds is 3. The molecule has 1 aromatic heterocycles. The fraction of sp³-hybridized carbons (Fsp3) is 0.455. The van der Waals surface area contributed by atoms with Crippen molar-refractivity contribution in [3.05, 3.63) is 23.6 Å². The second-order valence-corrected chi connectivity index (χ2v) is 3.96. The Kier molecular flexibility index (Phi) is 4.10. The van der Waals surface area contributed by atoms with Crippen molar-refractivity contribution in [2.45, 2.75) is 27.7 Å². The van der Waals surface area contributed by atoms with E-state index in [9.17, 15) is 4.79 Å². The van der Waals surface area contributed by atoms with Crippen LogP contribution in [0, 0.1) is 12.8 Å². The van der Waals surface area contributed by atoms with Gasteiger partial charge in [0.2, 0.25) is 0 Å². The lowest BCUT2D eigenvalue weighted by molar-refractivity contribution is 0.254. The van der Waals surface area contributed by atoms with Crippen molar-refractivity contribution >= 4 is 11.8 Å². The SMILES string of the molecule is C/C(=C\NC(=O)Nc1cc(C)on1)C(C)C. The van der Waals surface area contributed by atoms with Crippen LogP contribution in [-0.2, 0) is 0 Å². The van der Waals surface area contributed by atoms with Gasteiger partial charge in [0, 0.05) is 12.3 Å². The molecule has 16 heavy (non-hydrogen) atoms. The summed E-state index contributed by atoms with van der Waals surface area (Å²) >= 11 is 0. The van der Waals surface area contributed by atoms with Crippen LogP contribution in [0.5, 0.6) is 0 Å². The molecule has 0 radical (unpaired) electrons. The number of carbonyl (C=O) groups excluding carboxylic acids is 1. The predicted molar refractivity (Wildman–Crippen MR) is 62.0 cm³/mol. The topological polar surface area (TPSA) is 67.2 Å². The zero-order valence-corrected chi connectivity index (χ0v) is 10.00. The highest BCUT2D eigenvalue weighted by molar-refractivity contribution is 5.88. The number of nitrogens with one attached hydrogen (secondary N) is 2. The first-order valence-electron chi connectivity index (χ1n) is 5.16. The molecule has 1 rings (SSSR count). The largest absolute Gasteiger partial charge is 0.360 e. The van der Waals surface area contributed by atoms with Crippen LogP contribution >= 0.6 is 0 Å². The first-order chi connectivity index (χ1) is 7.49. The summed E-state index contributed by atoms with van der Waals surface area (Å²) in [7, 11) is 0. The van der Waals surface area contributed by atoms with E-state index in [1.807, 2.05) is 6.92 Å². The van der Waals surface area contributed by atoms with Crippen molar-refractivity contribution in [1.29, 1.82) is 0 Å². The predicted octanol–water partition coefficient (Wildman–Crippen LogP) is 2.66. The Hall–Kier alpha value is -1.78. The van der Waals surface area contributed by atoms with E-state index in [4.69, 9.17) is 4.52 Å². The molecule has 0 bridgehead atoms.